The Bertz CT molecular complexity index is 795. The van der Waals surface area contributed by atoms with E-state index in [1.54, 1.807) is 6.92 Å². The lowest BCUT2D eigenvalue weighted by molar-refractivity contribution is -0.128. The first-order chi connectivity index (χ1) is 12.2. The van der Waals surface area contributed by atoms with Crippen molar-refractivity contribution in [2.24, 2.45) is 0 Å². The molecule has 0 aliphatic carbocycles. The second-order valence-electron chi connectivity index (χ2n) is 7.28. The molecule has 0 saturated heterocycles. The molecule has 0 heterocycles. The van der Waals surface area contributed by atoms with Crippen LogP contribution in [0.4, 0.5) is 0 Å². The van der Waals surface area contributed by atoms with Crippen LogP contribution in [0, 0.1) is 34.6 Å². The maximum atomic E-state index is 12.7. The number of rotatable bonds is 6. The van der Waals surface area contributed by atoms with Crippen molar-refractivity contribution in [3.8, 4) is 5.75 Å². The van der Waals surface area contributed by atoms with E-state index in [4.69, 9.17) is 4.74 Å². The lowest BCUT2D eigenvalue weighted by Crippen LogP contribution is -2.38. The minimum atomic E-state index is -0.546. The minimum Gasteiger partial charge on any atom is -0.481 e. The molecule has 0 bridgehead atoms. The summed E-state index contributed by atoms with van der Waals surface area (Å²) in [5.41, 5.74) is 7.03. The first kappa shape index (κ1) is 20.0. The average molecular weight is 354 g/mol. The van der Waals surface area contributed by atoms with Crippen LogP contribution in [-0.4, -0.2) is 12.0 Å². The van der Waals surface area contributed by atoms with Gasteiger partial charge in [-0.05, 0) is 87.4 Å². The molecular formula is C23H31NO2. The van der Waals surface area contributed by atoms with Gasteiger partial charge in [-0.25, -0.2) is 0 Å². The normalized spacial score (nSPS) is 13.2. The second-order valence-corrected chi connectivity index (χ2v) is 7.28. The zero-order chi connectivity index (χ0) is 19.4. The third-order valence-corrected chi connectivity index (χ3v) is 5.10. The van der Waals surface area contributed by atoms with Gasteiger partial charge in [-0.3, -0.25) is 4.79 Å². The molecular weight excluding hydrogens is 322 g/mol. The third kappa shape index (κ3) is 4.66. The number of amides is 1. The summed E-state index contributed by atoms with van der Waals surface area (Å²) in [6.07, 6.45) is 0.291. The van der Waals surface area contributed by atoms with Crippen molar-refractivity contribution >= 4 is 5.91 Å². The van der Waals surface area contributed by atoms with Gasteiger partial charge < -0.3 is 10.1 Å². The fourth-order valence-corrected chi connectivity index (χ4v) is 3.06. The van der Waals surface area contributed by atoms with Gasteiger partial charge in [-0.1, -0.05) is 31.2 Å². The molecule has 3 heteroatoms. The van der Waals surface area contributed by atoms with E-state index in [2.05, 4.69) is 57.3 Å². The van der Waals surface area contributed by atoms with E-state index in [-0.39, 0.29) is 11.9 Å². The van der Waals surface area contributed by atoms with E-state index >= 15 is 0 Å². The molecule has 2 rings (SSSR count). The van der Waals surface area contributed by atoms with E-state index in [9.17, 15) is 4.79 Å². The van der Waals surface area contributed by atoms with Crippen molar-refractivity contribution in [3.05, 3.63) is 63.7 Å². The molecule has 0 saturated carbocycles. The summed E-state index contributed by atoms with van der Waals surface area (Å²) in [6.45, 7) is 14.2. The van der Waals surface area contributed by atoms with Crippen LogP contribution in [0.25, 0.3) is 0 Å². The predicted molar refractivity (Wildman–Crippen MR) is 108 cm³/mol. The number of aryl methyl sites for hydroxylation is 4. The van der Waals surface area contributed by atoms with Gasteiger partial charge in [0.25, 0.3) is 5.91 Å². The Morgan fingerprint density at radius 1 is 1.00 bits per heavy atom. The number of hydrogen-bond donors (Lipinski definition) is 1. The molecule has 140 valence electrons. The standard InChI is InChI=1S/C23H31NO2/c1-8-21(20-10-9-15(3)16(4)13-20)24-23(25)19(7)26-22-12-14(2)11-17(5)18(22)6/h9-13,19,21H,8H2,1-7H3,(H,24,25)/t19-,21-/m1/s1. The second kappa shape index (κ2) is 8.39. The molecule has 0 aliphatic heterocycles. The van der Waals surface area contributed by atoms with Crippen molar-refractivity contribution in [2.45, 2.75) is 67.0 Å². The van der Waals surface area contributed by atoms with Crippen LogP contribution < -0.4 is 10.1 Å². The quantitative estimate of drug-likeness (QED) is 0.769. The highest BCUT2D eigenvalue weighted by molar-refractivity contribution is 5.81. The van der Waals surface area contributed by atoms with E-state index in [0.29, 0.717) is 0 Å². The van der Waals surface area contributed by atoms with Gasteiger partial charge in [-0.15, -0.1) is 0 Å². The highest BCUT2D eigenvalue weighted by atomic mass is 16.5. The largest absolute Gasteiger partial charge is 0.481 e. The summed E-state index contributed by atoms with van der Waals surface area (Å²) in [7, 11) is 0. The number of carbonyl (C=O) groups excluding carboxylic acids is 1. The van der Waals surface area contributed by atoms with Crippen molar-refractivity contribution in [2.75, 3.05) is 0 Å². The molecule has 2 aromatic rings. The average Bonchev–Trinajstić information content (AvgIpc) is 2.59. The van der Waals surface area contributed by atoms with Gasteiger partial charge in [0, 0.05) is 0 Å². The highest BCUT2D eigenvalue weighted by Gasteiger charge is 2.20. The molecule has 1 N–H and O–H groups in total. The van der Waals surface area contributed by atoms with E-state index in [0.717, 1.165) is 28.9 Å². The Morgan fingerprint density at radius 2 is 1.69 bits per heavy atom. The molecule has 2 atom stereocenters. The van der Waals surface area contributed by atoms with Crippen molar-refractivity contribution in [1.82, 2.24) is 5.32 Å². The third-order valence-electron chi connectivity index (χ3n) is 5.10. The van der Waals surface area contributed by atoms with Crippen LogP contribution in [0.2, 0.25) is 0 Å². The highest BCUT2D eigenvalue weighted by Crippen LogP contribution is 2.25. The monoisotopic (exact) mass is 353 g/mol. The SMILES string of the molecule is CC[C@@H](NC(=O)[C@@H](C)Oc1cc(C)cc(C)c1C)c1ccc(C)c(C)c1. The summed E-state index contributed by atoms with van der Waals surface area (Å²) in [4.78, 5) is 12.7. The number of ether oxygens (including phenoxy) is 1. The Kier molecular flexibility index (Phi) is 6.47. The number of hydrogen-bond acceptors (Lipinski definition) is 2. The fourth-order valence-electron chi connectivity index (χ4n) is 3.06. The van der Waals surface area contributed by atoms with Gasteiger partial charge >= 0.3 is 0 Å². The molecule has 1 amide bonds. The summed E-state index contributed by atoms with van der Waals surface area (Å²) in [5, 5.41) is 3.13. The number of carbonyl (C=O) groups is 1. The lowest BCUT2D eigenvalue weighted by Gasteiger charge is -2.22. The predicted octanol–water partition coefficient (Wildman–Crippen LogP) is 5.26. The van der Waals surface area contributed by atoms with Crippen LogP contribution in [0.15, 0.2) is 30.3 Å². The van der Waals surface area contributed by atoms with Crippen LogP contribution in [0.1, 0.15) is 59.7 Å². The summed E-state index contributed by atoms with van der Waals surface area (Å²) in [6, 6.07) is 10.5. The first-order valence-corrected chi connectivity index (χ1v) is 9.35. The van der Waals surface area contributed by atoms with Gasteiger partial charge in [0.05, 0.1) is 6.04 Å². The van der Waals surface area contributed by atoms with E-state index < -0.39 is 6.10 Å². The maximum Gasteiger partial charge on any atom is 0.261 e. The van der Waals surface area contributed by atoms with Crippen molar-refractivity contribution in [1.29, 1.82) is 0 Å². The minimum absolute atomic E-state index is 0.00630. The van der Waals surface area contributed by atoms with Gasteiger partial charge in [0.2, 0.25) is 0 Å². The van der Waals surface area contributed by atoms with E-state index in [1.807, 2.05) is 19.9 Å². The lowest BCUT2D eigenvalue weighted by atomic mass is 9.99. The van der Waals surface area contributed by atoms with Gasteiger partial charge in [0.15, 0.2) is 6.10 Å². The molecule has 3 nitrogen and oxygen atoms in total. The fraction of sp³-hybridized carbons (Fsp3) is 0.435. The van der Waals surface area contributed by atoms with Gasteiger partial charge in [0.1, 0.15) is 5.75 Å². The Hall–Kier alpha value is -2.29. The first-order valence-electron chi connectivity index (χ1n) is 9.35. The molecule has 0 aromatic heterocycles. The molecule has 2 aromatic carbocycles. The molecule has 26 heavy (non-hydrogen) atoms. The van der Waals surface area contributed by atoms with Crippen LogP contribution in [-0.2, 0) is 4.79 Å². The van der Waals surface area contributed by atoms with Crippen LogP contribution in [0.3, 0.4) is 0 Å². The Morgan fingerprint density at radius 3 is 2.31 bits per heavy atom. The molecule has 0 spiro atoms. The molecule has 0 aliphatic rings. The van der Waals surface area contributed by atoms with Crippen molar-refractivity contribution < 1.29 is 9.53 Å². The zero-order valence-electron chi connectivity index (χ0n) is 17.1. The van der Waals surface area contributed by atoms with Crippen LogP contribution >= 0.6 is 0 Å². The zero-order valence-corrected chi connectivity index (χ0v) is 17.1. The smallest absolute Gasteiger partial charge is 0.261 e. The summed E-state index contributed by atoms with van der Waals surface area (Å²) >= 11 is 0. The van der Waals surface area contributed by atoms with E-state index in [1.165, 1.54) is 16.7 Å². The molecule has 0 fully saturated rings. The van der Waals surface area contributed by atoms with Gasteiger partial charge in [-0.2, -0.15) is 0 Å². The molecule has 0 unspecified atom stereocenters. The maximum absolute atomic E-state index is 12.7. The summed E-state index contributed by atoms with van der Waals surface area (Å²) < 4.78 is 5.98. The number of benzene rings is 2. The van der Waals surface area contributed by atoms with Crippen LogP contribution in [0.5, 0.6) is 5.75 Å². The Labute approximate surface area is 157 Å². The Balaban J connectivity index is 2.11. The topological polar surface area (TPSA) is 38.3 Å². The summed E-state index contributed by atoms with van der Waals surface area (Å²) in [5.74, 6) is 0.693. The number of nitrogens with one attached hydrogen (secondary N) is 1. The molecule has 0 radical (unpaired) electrons. The van der Waals surface area contributed by atoms with Crippen molar-refractivity contribution in [3.63, 3.8) is 0 Å².